The number of benzene rings is 1. The molecule has 0 amide bonds. The average Bonchev–Trinajstić information content (AvgIpc) is 2.75. The SMILES string of the molecule is CC(C)N1CCCC1(C(=O)O)c1ccccc1. The van der Waals surface area contributed by atoms with Crippen LogP contribution in [0.15, 0.2) is 30.3 Å². The van der Waals surface area contributed by atoms with Crippen molar-refractivity contribution in [2.45, 2.75) is 38.3 Å². The van der Waals surface area contributed by atoms with E-state index in [0.29, 0.717) is 6.42 Å². The smallest absolute Gasteiger partial charge is 0.328 e. The van der Waals surface area contributed by atoms with E-state index in [1.165, 1.54) is 0 Å². The number of carboxylic acid groups (broad SMARTS) is 1. The molecular formula is C14H19NO2. The predicted molar refractivity (Wildman–Crippen MR) is 66.8 cm³/mol. The van der Waals surface area contributed by atoms with Crippen LogP contribution in [-0.4, -0.2) is 28.6 Å². The largest absolute Gasteiger partial charge is 0.480 e. The molecule has 92 valence electrons. The predicted octanol–water partition coefficient (Wildman–Crippen LogP) is 2.47. The van der Waals surface area contributed by atoms with Crippen LogP contribution >= 0.6 is 0 Å². The Morgan fingerprint density at radius 3 is 2.53 bits per heavy atom. The van der Waals surface area contributed by atoms with Crippen LogP contribution in [-0.2, 0) is 10.3 Å². The van der Waals surface area contributed by atoms with E-state index in [1.54, 1.807) is 0 Å². The van der Waals surface area contributed by atoms with Gasteiger partial charge in [0.2, 0.25) is 0 Å². The summed E-state index contributed by atoms with van der Waals surface area (Å²) in [6, 6.07) is 9.85. The molecule has 0 saturated carbocycles. The monoisotopic (exact) mass is 233 g/mol. The maximum Gasteiger partial charge on any atom is 0.328 e. The average molecular weight is 233 g/mol. The zero-order valence-electron chi connectivity index (χ0n) is 10.4. The van der Waals surface area contributed by atoms with Crippen molar-refractivity contribution in [2.24, 2.45) is 0 Å². The number of hydrogen-bond donors (Lipinski definition) is 1. The number of likely N-dealkylation sites (tertiary alicyclic amines) is 1. The van der Waals surface area contributed by atoms with Crippen molar-refractivity contribution in [2.75, 3.05) is 6.54 Å². The van der Waals surface area contributed by atoms with E-state index in [1.807, 2.05) is 30.3 Å². The molecule has 1 N–H and O–H groups in total. The molecule has 2 rings (SSSR count). The zero-order valence-corrected chi connectivity index (χ0v) is 10.4. The van der Waals surface area contributed by atoms with Crippen LogP contribution in [0, 0.1) is 0 Å². The second-order valence-corrected chi connectivity index (χ2v) is 4.92. The summed E-state index contributed by atoms with van der Waals surface area (Å²) < 4.78 is 0. The van der Waals surface area contributed by atoms with Crippen molar-refractivity contribution in [3.8, 4) is 0 Å². The van der Waals surface area contributed by atoms with Crippen molar-refractivity contribution in [1.82, 2.24) is 4.90 Å². The van der Waals surface area contributed by atoms with Gasteiger partial charge in [-0.2, -0.15) is 0 Å². The Balaban J connectivity index is 2.50. The van der Waals surface area contributed by atoms with E-state index in [0.717, 1.165) is 18.5 Å². The minimum Gasteiger partial charge on any atom is -0.480 e. The Hall–Kier alpha value is -1.35. The number of hydrogen-bond acceptors (Lipinski definition) is 2. The second kappa shape index (κ2) is 4.49. The van der Waals surface area contributed by atoms with E-state index < -0.39 is 11.5 Å². The Kier molecular flexibility index (Phi) is 3.20. The van der Waals surface area contributed by atoms with Gasteiger partial charge in [0.25, 0.3) is 0 Å². The van der Waals surface area contributed by atoms with Crippen molar-refractivity contribution >= 4 is 5.97 Å². The molecule has 0 radical (unpaired) electrons. The summed E-state index contributed by atoms with van der Waals surface area (Å²) >= 11 is 0. The Labute approximate surface area is 102 Å². The molecule has 0 aliphatic carbocycles. The quantitative estimate of drug-likeness (QED) is 0.872. The summed E-state index contributed by atoms with van der Waals surface area (Å²) in [5.74, 6) is -0.727. The van der Waals surface area contributed by atoms with E-state index in [4.69, 9.17) is 0 Å². The van der Waals surface area contributed by atoms with E-state index in [-0.39, 0.29) is 6.04 Å². The lowest BCUT2D eigenvalue weighted by Crippen LogP contribution is -2.50. The van der Waals surface area contributed by atoms with Crippen LogP contribution in [0.4, 0.5) is 0 Å². The molecule has 0 bridgehead atoms. The van der Waals surface area contributed by atoms with Crippen molar-refractivity contribution in [3.05, 3.63) is 35.9 Å². The fourth-order valence-corrected chi connectivity index (χ4v) is 2.92. The molecule has 1 aliphatic heterocycles. The van der Waals surface area contributed by atoms with E-state index >= 15 is 0 Å². The Morgan fingerprint density at radius 2 is 2.00 bits per heavy atom. The number of carboxylic acids is 1. The maximum absolute atomic E-state index is 11.8. The molecule has 1 saturated heterocycles. The lowest BCUT2D eigenvalue weighted by Gasteiger charge is -2.37. The molecule has 1 fully saturated rings. The lowest BCUT2D eigenvalue weighted by atomic mass is 9.86. The summed E-state index contributed by atoms with van der Waals surface area (Å²) in [4.78, 5) is 13.9. The number of aliphatic carboxylic acids is 1. The van der Waals surface area contributed by atoms with Gasteiger partial charge in [-0.15, -0.1) is 0 Å². The lowest BCUT2D eigenvalue weighted by molar-refractivity contribution is -0.151. The number of carbonyl (C=O) groups is 1. The van der Waals surface area contributed by atoms with Gasteiger partial charge in [-0.05, 0) is 38.8 Å². The highest BCUT2D eigenvalue weighted by Gasteiger charge is 2.49. The van der Waals surface area contributed by atoms with Crippen molar-refractivity contribution in [1.29, 1.82) is 0 Å². The van der Waals surface area contributed by atoms with Crippen LogP contribution in [0.5, 0.6) is 0 Å². The first-order valence-corrected chi connectivity index (χ1v) is 6.14. The minimum absolute atomic E-state index is 0.244. The van der Waals surface area contributed by atoms with Crippen LogP contribution in [0.25, 0.3) is 0 Å². The maximum atomic E-state index is 11.8. The Bertz CT molecular complexity index is 402. The second-order valence-electron chi connectivity index (χ2n) is 4.92. The van der Waals surface area contributed by atoms with Gasteiger partial charge in [0.05, 0.1) is 0 Å². The molecule has 3 heteroatoms. The first-order valence-electron chi connectivity index (χ1n) is 6.14. The molecule has 1 heterocycles. The third-order valence-electron chi connectivity index (χ3n) is 3.66. The number of rotatable bonds is 3. The fraction of sp³-hybridized carbons (Fsp3) is 0.500. The van der Waals surface area contributed by atoms with Crippen LogP contribution in [0.2, 0.25) is 0 Å². The summed E-state index contributed by atoms with van der Waals surface area (Å²) in [6.45, 7) is 4.98. The molecule has 1 unspecified atom stereocenters. The van der Waals surface area contributed by atoms with Crippen LogP contribution < -0.4 is 0 Å². The third-order valence-corrected chi connectivity index (χ3v) is 3.66. The van der Waals surface area contributed by atoms with Gasteiger partial charge in [-0.25, -0.2) is 4.79 Å². The van der Waals surface area contributed by atoms with Gasteiger partial charge in [0.1, 0.15) is 5.54 Å². The summed E-state index contributed by atoms with van der Waals surface area (Å²) in [6.07, 6.45) is 1.64. The van der Waals surface area contributed by atoms with Crippen molar-refractivity contribution in [3.63, 3.8) is 0 Å². The highest BCUT2D eigenvalue weighted by Crippen LogP contribution is 2.40. The van der Waals surface area contributed by atoms with Gasteiger partial charge in [0, 0.05) is 6.04 Å². The van der Waals surface area contributed by atoms with Crippen LogP contribution in [0.3, 0.4) is 0 Å². The molecule has 17 heavy (non-hydrogen) atoms. The van der Waals surface area contributed by atoms with Crippen LogP contribution in [0.1, 0.15) is 32.3 Å². The zero-order chi connectivity index (χ0) is 12.5. The third kappa shape index (κ3) is 1.84. The summed E-state index contributed by atoms with van der Waals surface area (Å²) in [7, 11) is 0. The normalized spacial score (nSPS) is 25.4. The standard InChI is InChI=1S/C14H19NO2/c1-11(2)15-10-6-9-14(15,13(16)17)12-7-4-3-5-8-12/h3-5,7-8,11H,6,9-10H2,1-2H3,(H,16,17). The van der Waals surface area contributed by atoms with E-state index in [9.17, 15) is 9.90 Å². The molecular weight excluding hydrogens is 214 g/mol. The first kappa shape index (κ1) is 12.1. The highest BCUT2D eigenvalue weighted by atomic mass is 16.4. The van der Waals surface area contributed by atoms with Crippen molar-refractivity contribution < 1.29 is 9.90 Å². The minimum atomic E-state index is -0.824. The molecule has 0 spiro atoms. The molecule has 1 atom stereocenters. The molecule has 0 aromatic heterocycles. The van der Waals surface area contributed by atoms with Gasteiger partial charge in [0.15, 0.2) is 0 Å². The summed E-state index contributed by atoms with van der Waals surface area (Å²) in [5.41, 5.74) is 0.0776. The Morgan fingerprint density at radius 1 is 1.35 bits per heavy atom. The number of nitrogens with zero attached hydrogens (tertiary/aromatic N) is 1. The molecule has 1 aromatic carbocycles. The fourth-order valence-electron chi connectivity index (χ4n) is 2.92. The summed E-state index contributed by atoms with van der Waals surface area (Å²) in [5, 5.41) is 9.69. The van der Waals surface area contributed by atoms with Gasteiger partial charge < -0.3 is 5.11 Å². The molecule has 1 aliphatic rings. The van der Waals surface area contributed by atoms with E-state index in [2.05, 4.69) is 18.7 Å². The topological polar surface area (TPSA) is 40.5 Å². The highest BCUT2D eigenvalue weighted by molar-refractivity contribution is 5.81. The first-order chi connectivity index (χ1) is 8.09. The van der Waals surface area contributed by atoms with Gasteiger partial charge >= 0.3 is 5.97 Å². The van der Waals surface area contributed by atoms with Gasteiger partial charge in [-0.3, -0.25) is 4.90 Å². The molecule has 3 nitrogen and oxygen atoms in total. The molecule has 1 aromatic rings. The van der Waals surface area contributed by atoms with Gasteiger partial charge in [-0.1, -0.05) is 30.3 Å².